The summed E-state index contributed by atoms with van der Waals surface area (Å²) in [6.45, 7) is 4.73. The van der Waals surface area contributed by atoms with Crippen LogP contribution in [0.5, 0.6) is 0 Å². The van der Waals surface area contributed by atoms with Crippen molar-refractivity contribution in [2.24, 2.45) is 0 Å². The first-order valence-electron chi connectivity index (χ1n) is 10.4. The summed E-state index contributed by atoms with van der Waals surface area (Å²) in [5.41, 5.74) is 1.04. The van der Waals surface area contributed by atoms with E-state index in [-0.39, 0.29) is 12.1 Å². The lowest BCUT2D eigenvalue weighted by molar-refractivity contribution is 0.202. The molecule has 2 aliphatic rings. The Balaban J connectivity index is 1.59. The molecule has 29 heavy (non-hydrogen) atoms. The van der Waals surface area contributed by atoms with E-state index in [9.17, 15) is 13.2 Å². The number of likely N-dealkylation sites (tertiary alicyclic amines) is 2. The van der Waals surface area contributed by atoms with Crippen LogP contribution in [0.25, 0.3) is 0 Å². The quantitative estimate of drug-likeness (QED) is 0.681. The van der Waals surface area contributed by atoms with E-state index in [1.165, 1.54) is 17.1 Å². The zero-order valence-electron chi connectivity index (χ0n) is 17.5. The van der Waals surface area contributed by atoms with Crippen LogP contribution in [0.15, 0.2) is 30.3 Å². The summed E-state index contributed by atoms with van der Waals surface area (Å²) >= 11 is 0. The van der Waals surface area contributed by atoms with Crippen molar-refractivity contribution in [3.05, 3.63) is 35.9 Å². The molecule has 1 atom stereocenters. The summed E-state index contributed by atoms with van der Waals surface area (Å²) in [6, 6.07) is 9.44. The fraction of sp³-hybridized carbons (Fsp3) is 0.650. The molecule has 2 aliphatic heterocycles. The van der Waals surface area contributed by atoms with Gasteiger partial charge in [-0.25, -0.2) is 4.79 Å². The Bertz CT molecular complexity index is 766. The maximum Gasteiger partial charge on any atom is 0.317 e. The van der Waals surface area contributed by atoms with Crippen LogP contribution in [0.1, 0.15) is 24.8 Å². The van der Waals surface area contributed by atoms with Crippen molar-refractivity contribution in [3.63, 3.8) is 0 Å². The fourth-order valence-corrected chi connectivity index (χ4v) is 5.27. The van der Waals surface area contributed by atoms with Gasteiger partial charge in [-0.1, -0.05) is 30.3 Å². The molecule has 0 bridgehead atoms. The third-order valence-corrected chi connectivity index (χ3v) is 7.73. The molecule has 2 amide bonds. The van der Waals surface area contributed by atoms with Crippen LogP contribution in [-0.2, 0) is 16.8 Å². The zero-order chi connectivity index (χ0) is 20.9. The molecule has 0 spiro atoms. The number of benzene rings is 1. The number of carbonyl (C=O) groups excluding carboxylic acids is 1. The molecule has 1 aromatic rings. The Kier molecular flexibility index (Phi) is 7.50. The molecule has 162 valence electrons. The van der Waals surface area contributed by atoms with Crippen LogP contribution in [-0.4, -0.2) is 92.3 Å². The Morgan fingerprint density at radius 3 is 2.48 bits per heavy atom. The normalized spacial score (nSPS) is 20.7. The Labute approximate surface area is 174 Å². The van der Waals surface area contributed by atoms with Crippen molar-refractivity contribution in [2.45, 2.75) is 31.8 Å². The van der Waals surface area contributed by atoms with Gasteiger partial charge in [0.15, 0.2) is 0 Å². The van der Waals surface area contributed by atoms with E-state index >= 15 is 0 Å². The van der Waals surface area contributed by atoms with E-state index in [0.29, 0.717) is 32.6 Å². The SMILES string of the molecule is CN(C)S(=O)(=O)N(CCN1CCCC1)C1CCN(C(=O)NCc2ccccc2)C1. The molecule has 0 aromatic heterocycles. The minimum Gasteiger partial charge on any atom is -0.334 e. The molecule has 0 saturated carbocycles. The molecular weight excluding hydrogens is 390 g/mol. The molecular formula is C20H33N5O3S. The number of urea groups is 1. The van der Waals surface area contributed by atoms with Gasteiger partial charge < -0.3 is 15.1 Å². The minimum absolute atomic E-state index is 0.141. The van der Waals surface area contributed by atoms with Gasteiger partial charge in [-0.15, -0.1) is 0 Å². The second kappa shape index (κ2) is 9.88. The molecule has 2 saturated heterocycles. The molecule has 2 heterocycles. The predicted molar refractivity (Wildman–Crippen MR) is 114 cm³/mol. The summed E-state index contributed by atoms with van der Waals surface area (Å²) in [6.07, 6.45) is 3.02. The van der Waals surface area contributed by atoms with E-state index < -0.39 is 10.2 Å². The van der Waals surface area contributed by atoms with Gasteiger partial charge >= 0.3 is 6.03 Å². The predicted octanol–water partition coefficient (Wildman–Crippen LogP) is 1.17. The number of rotatable bonds is 8. The molecule has 1 aromatic carbocycles. The Hall–Kier alpha value is -1.68. The highest BCUT2D eigenvalue weighted by molar-refractivity contribution is 7.86. The highest BCUT2D eigenvalue weighted by Gasteiger charge is 2.37. The van der Waals surface area contributed by atoms with Gasteiger partial charge in [0.05, 0.1) is 0 Å². The van der Waals surface area contributed by atoms with E-state index in [0.717, 1.165) is 25.2 Å². The first-order valence-corrected chi connectivity index (χ1v) is 11.8. The van der Waals surface area contributed by atoms with Gasteiger partial charge in [-0.05, 0) is 37.9 Å². The standard InChI is InChI=1S/C20H33N5O3S/c1-22(2)29(27,28)25(15-14-23-11-6-7-12-23)19-10-13-24(17-19)20(26)21-16-18-8-4-3-5-9-18/h3-5,8-9,19H,6-7,10-17H2,1-2H3,(H,21,26). The maximum absolute atomic E-state index is 12.9. The van der Waals surface area contributed by atoms with Crippen LogP contribution >= 0.6 is 0 Å². The van der Waals surface area contributed by atoms with E-state index in [1.54, 1.807) is 23.3 Å². The number of carbonyl (C=O) groups is 1. The average molecular weight is 424 g/mol. The molecule has 9 heteroatoms. The molecule has 0 radical (unpaired) electrons. The van der Waals surface area contributed by atoms with Crippen molar-refractivity contribution in [1.82, 2.24) is 23.7 Å². The number of amides is 2. The second-order valence-corrected chi connectivity index (χ2v) is 10.1. The van der Waals surface area contributed by atoms with Crippen LogP contribution in [0.3, 0.4) is 0 Å². The molecule has 3 rings (SSSR count). The second-order valence-electron chi connectivity index (χ2n) is 7.98. The monoisotopic (exact) mass is 423 g/mol. The number of nitrogens with zero attached hydrogens (tertiary/aromatic N) is 4. The molecule has 2 fully saturated rings. The summed E-state index contributed by atoms with van der Waals surface area (Å²) in [4.78, 5) is 16.6. The summed E-state index contributed by atoms with van der Waals surface area (Å²) in [5, 5.41) is 2.94. The Morgan fingerprint density at radius 2 is 1.83 bits per heavy atom. The molecule has 0 aliphatic carbocycles. The third kappa shape index (κ3) is 5.69. The van der Waals surface area contributed by atoms with Gasteiger partial charge in [0.1, 0.15) is 0 Å². The lowest BCUT2D eigenvalue weighted by atomic mass is 10.2. The lowest BCUT2D eigenvalue weighted by Crippen LogP contribution is -2.50. The highest BCUT2D eigenvalue weighted by Crippen LogP contribution is 2.21. The molecule has 1 unspecified atom stereocenters. The number of hydrogen-bond acceptors (Lipinski definition) is 4. The maximum atomic E-state index is 12.9. The van der Waals surface area contributed by atoms with Crippen molar-refractivity contribution >= 4 is 16.2 Å². The van der Waals surface area contributed by atoms with Crippen molar-refractivity contribution in [3.8, 4) is 0 Å². The van der Waals surface area contributed by atoms with Gasteiger partial charge in [0.2, 0.25) is 0 Å². The number of nitrogens with one attached hydrogen (secondary N) is 1. The van der Waals surface area contributed by atoms with Gasteiger partial charge in [0, 0.05) is 52.9 Å². The third-order valence-electron chi connectivity index (χ3n) is 5.74. The van der Waals surface area contributed by atoms with E-state index in [1.807, 2.05) is 30.3 Å². The fourth-order valence-electron chi connectivity index (χ4n) is 3.99. The Morgan fingerprint density at radius 1 is 1.14 bits per heavy atom. The van der Waals surface area contributed by atoms with Crippen molar-refractivity contribution in [2.75, 3.05) is 53.4 Å². The summed E-state index contributed by atoms with van der Waals surface area (Å²) in [7, 11) is -0.403. The average Bonchev–Trinajstić information content (AvgIpc) is 3.39. The lowest BCUT2D eigenvalue weighted by Gasteiger charge is -2.32. The number of hydrogen-bond donors (Lipinski definition) is 1. The largest absolute Gasteiger partial charge is 0.334 e. The van der Waals surface area contributed by atoms with Crippen LogP contribution in [0.2, 0.25) is 0 Å². The minimum atomic E-state index is -3.54. The first-order chi connectivity index (χ1) is 13.9. The van der Waals surface area contributed by atoms with Crippen molar-refractivity contribution < 1.29 is 13.2 Å². The van der Waals surface area contributed by atoms with Crippen LogP contribution in [0.4, 0.5) is 4.79 Å². The van der Waals surface area contributed by atoms with Crippen LogP contribution < -0.4 is 5.32 Å². The zero-order valence-corrected chi connectivity index (χ0v) is 18.3. The highest BCUT2D eigenvalue weighted by atomic mass is 32.2. The van der Waals surface area contributed by atoms with E-state index in [4.69, 9.17) is 0 Å². The van der Waals surface area contributed by atoms with Gasteiger partial charge in [0.25, 0.3) is 10.2 Å². The van der Waals surface area contributed by atoms with Gasteiger partial charge in [-0.2, -0.15) is 17.0 Å². The van der Waals surface area contributed by atoms with Crippen molar-refractivity contribution in [1.29, 1.82) is 0 Å². The first kappa shape index (κ1) is 22.0. The summed E-state index contributed by atoms with van der Waals surface area (Å²) < 4.78 is 28.7. The van der Waals surface area contributed by atoms with Crippen LogP contribution in [0, 0.1) is 0 Å². The topological polar surface area (TPSA) is 76.2 Å². The van der Waals surface area contributed by atoms with E-state index in [2.05, 4.69) is 10.2 Å². The van der Waals surface area contributed by atoms with Gasteiger partial charge in [-0.3, -0.25) is 0 Å². The molecule has 8 nitrogen and oxygen atoms in total. The summed E-state index contributed by atoms with van der Waals surface area (Å²) in [5.74, 6) is 0. The smallest absolute Gasteiger partial charge is 0.317 e. The molecule has 1 N–H and O–H groups in total.